The van der Waals surface area contributed by atoms with E-state index in [-0.39, 0.29) is 0 Å². The van der Waals surface area contributed by atoms with Crippen molar-refractivity contribution < 1.29 is 9.84 Å². The Bertz CT molecular complexity index is 1020. The number of fused-ring (bicyclic) bond motifs is 1. The molecule has 1 atom stereocenters. The molecule has 2 aliphatic carbocycles. The number of ether oxygens (including phenoxy) is 1. The van der Waals surface area contributed by atoms with Crippen LogP contribution in [0.5, 0.6) is 11.5 Å². The zero-order valence-corrected chi connectivity index (χ0v) is 17.0. The summed E-state index contributed by atoms with van der Waals surface area (Å²) in [6, 6.07) is 21.1. The summed E-state index contributed by atoms with van der Waals surface area (Å²) in [6.45, 7) is 2.74. The van der Waals surface area contributed by atoms with Crippen LogP contribution < -0.4 is 4.74 Å². The predicted molar refractivity (Wildman–Crippen MR) is 117 cm³/mol. The molecule has 1 unspecified atom stereocenters. The lowest BCUT2D eigenvalue weighted by Gasteiger charge is -2.29. The highest BCUT2D eigenvalue weighted by atomic mass is 16.5. The van der Waals surface area contributed by atoms with Gasteiger partial charge in [0.25, 0.3) is 0 Å². The lowest BCUT2D eigenvalue weighted by Crippen LogP contribution is -2.12. The molecular formula is C27H28O2. The van der Waals surface area contributed by atoms with E-state index in [0.29, 0.717) is 24.2 Å². The van der Waals surface area contributed by atoms with Crippen molar-refractivity contribution in [2.75, 3.05) is 0 Å². The number of hydrogen-bond acceptors (Lipinski definition) is 2. The minimum atomic E-state index is 0.390. The molecule has 1 N–H and O–H groups in total. The van der Waals surface area contributed by atoms with Crippen LogP contribution in [-0.2, 0) is 13.0 Å². The van der Waals surface area contributed by atoms with Crippen LogP contribution in [0, 0.1) is 6.92 Å². The van der Waals surface area contributed by atoms with E-state index in [4.69, 9.17) is 4.74 Å². The third-order valence-electron chi connectivity index (χ3n) is 6.73. The fraction of sp³-hybridized carbons (Fsp3) is 0.333. The van der Waals surface area contributed by atoms with Gasteiger partial charge in [0.05, 0.1) is 0 Å². The zero-order chi connectivity index (χ0) is 19.8. The number of phenols is 1. The Morgan fingerprint density at radius 3 is 2.55 bits per heavy atom. The summed E-state index contributed by atoms with van der Waals surface area (Å²) in [5.74, 6) is 2.49. The van der Waals surface area contributed by atoms with Crippen LogP contribution in [0.1, 0.15) is 70.9 Å². The molecule has 0 bridgehead atoms. The molecule has 0 amide bonds. The summed E-state index contributed by atoms with van der Waals surface area (Å²) in [5, 5.41) is 9.96. The summed E-state index contributed by atoms with van der Waals surface area (Å²) in [5.41, 5.74) is 7.91. The Morgan fingerprint density at radius 1 is 0.966 bits per heavy atom. The van der Waals surface area contributed by atoms with Gasteiger partial charge in [-0.2, -0.15) is 0 Å². The minimum absolute atomic E-state index is 0.390. The van der Waals surface area contributed by atoms with Gasteiger partial charge < -0.3 is 9.84 Å². The first-order valence-corrected chi connectivity index (χ1v) is 10.8. The average Bonchev–Trinajstić information content (AvgIpc) is 3.10. The minimum Gasteiger partial charge on any atom is -0.508 e. The highest BCUT2D eigenvalue weighted by Gasteiger charge is 2.29. The SMILES string of the molecule is Cc1cc(O)cc2c1C(c1ccc(OCc3ccccc3)c(C3CCC3)c1)CC2. The molecule has 3 aromatic carbocycles. The molecule has 2 nitrogen and oxygen atoms in total. The normalized spacial score (nSPS) is 18.3. The van der Waals surface area contributed by atoms with Crippen molar-refractivity contribution in [2.45, 2.75) is 57.5 Å². The van der Waals surface area contributed by atoms with E-state index in [0.717, 1.165) is 18.6 Å². The highest BCUT2D eigenvalue weighted by molar-refractivity contribution is 5.52. The van der Waals surface area contributed by atoms with Crippen molar-refractivity contribution >= 4 is 0 Å². The lowest BCUT2D eigenvalue weighted by atomic mass is 9.78. The number of hydrogen-bond donors (Lipinski definition) is 1. The van der Waals surface area contributed by atoms with Gasteiger partial charge in [0.2, 0.25) is 0 Å². The largest absolute Gasteiger partial charge is 0.508 e. The summed E-state index contributed by atoms with van der Waals surface area (Å²) in [6.07, 6.45) is 6.00. The predicted octanol–water partition coefficient (Wildman–Crippen LogP) is 6.63. The van der Waals surface area contributed by atoms with Gasteiger partial charge in [-0.05, 0) is 90.1 Å². The van der Waals surface area contributed by atoms with Crippen LogP contribution in [0.25, 0.3) is 0 Å². The smallest absolute Gasteiger partial charge is 0.123 e. The van der Waals surface area contributed by atoms with Crippen LogP contribution in [0.2, 0.25) is 0 Å². The van der Waals surface area contributed by atoms with Gasteiger partial charge in [-0.3, -0.25) is 0 Å². The number of benzene rings is 3. The Morgan fingerprint density at radius 2 is 1.79 bits per heavy atom. The lowest BCUT2D eigenvalue weighted by molar-refractivity contribution is 0.293. The molecule has 0 saturated heterocycles. The first-order chi connectivity index (χ1) is 14.2. The molecule has 0 heterocycles. The topological polar surface area (TPSA) is 29.5 Å². The molecular weight excluding hydrogens is 356 g/mol. The van der Waals surface area contributed by atoms with E-state index < -0.39 is 0 Å². The summed E-state index contributed by atoms with van der Waals surface area (Å²) in [4.78, 5) is 0. The molecule has 29 heavy (non-hydrogen) atoms. The van der Waals surface area contributed by atoms with Gasteiger partial charge in [0.1, 0.15) is 18.1 Å². The van der Waals surface area contributed by atoms with Crippen LogP contribution in [0.15, 0.2) is 60.7 Å². The molecule has 1 fully saturated rings. The quantitative estimate of drug-likeness (QED) is 0.535. The van der Waals surface area contributed by atoms with Gasteiger partial charge in [-0.15, -0.1) is 0 Å². The van der Waals surface area contributed by atoms with E-state index >= 15 is 0 Å². The fourth-order valence-electron chi connectivity index (χ4n) is 5.02. The van der Waals surface area contributed by atoms with Gasteiger partial charge in [-0.25, -0.2) is 0 Å². The van der Waals surface area contributed by atoms with Gasteiger partial charge in [0.15, 0.2) is 0 Å². The molecule has 3 aromatic rings. The molecule has 1 saturated carbocycles. The average molecular weight is 385 g/mol. The van der Waals surface area contributed by atoms with E-state index in [1.54, 1.807) is 0 Å². The molecule has 2 aliphatic rings. The van der Waals surface area contributed by atoms with E-state index in [2.05, 4.69) is 49.4 Å². The molecule has 0 aromatic heterocycles. The highest BCUT2D eigenvalue weighted by Crippen LogP contribution is 2.46. The van der Waals surface area contributed by atoms with Crippen LogP contribution >= 0.6 is 0 Å². The van der Waals surface area contributed by atoms with Crippen molar-refractivity contribution in [3.05, 3.63) is 94.0 Å². The van der Waals surface area contributed by atoms with Crippen molar-refractivity contribution in [1.29, 1.82) is 0 Å². The van der Waals surface area contributed by atoms with Crippen LogP contribution in [0.4, 0.5) is 0 Å². The number of phenolic OH excluding ortho intramolecular Hbond substituents is 1. The third kappa shape index (κ3) is 3.53. The molecule has 5 rings (SSSR count). The summed E-state index contributed by atoms with van der Waals surface area (Å²) < 4.78 is 6.27. The van der Waals surface area contributed by atoms with E-state index in [1.165, 1.54) is 52.6 Å². The fourth-order valence-corrected chi connectivity index (χ4v) is 5.02. The maximum absolute atomic E-state index is 9.96. The second kappa shape index (κ2) is 7.59. The van der Waals surface area contributed by atoms with Crippen molar-refractivity contribution in [1.82, 2.24) is 0 Å². The molecule has 0 aliphatic heterocycles. The Labute approximate surface area is 173 Å². The first kappa shape index (κ1) is 18.3. The van der Waals surface area contributed by atoms with Crippen LogP contribution in [0.3, 0.4) is 0 Å². The Kier molecular flexibility index (Phi) is 4.79. The molecule has 0 radical (unpaired) electrons. The third-order valence-corrected chi connectivity index (χ3v) is 6.73. The monoisotopic (exact) mass is 384 g/mol. The Hall–Kier alpha value is -2.74. The van der Waals surface area contributed by atoms with E-state index in [9.17, 15) is 5.11 Å². The van der Waals surface area contributed by atoms with Gasteiger partial charge >= 0.3 is 0 Å². The summed E-state index contributed by atoms with van der Waals surface area (Å²) >= 11 is 0. The van der Waals surface area contributed by atoms with E-state index in [1.807, 2.05) is 18.2 Å². The molecule has 0 spiro atoms. The van der Waals surface area contributed by atoms with Gasteiger partial charge in [0, 0.05) is 5.92 Å². The number of aromatic hydroxyl groups is 1. The van der Waals surface area contributed by atoms with Crippen molar-refractivity contribution in [3.63, 3.8) is 0 Å². The maximum Gasteiger partial charge on any atom is 0.123 e. The second-order valence-electron chi connectivity index (χ2n) is 8.63. The maximum atomic E-state index is 9.96. The first-order valence-electron chi connectivity index (χ1n) is 10.8. The van der Waals surface area contributed by atoms with Crippen molar-refractivity contribution in [3.8, 4) is 11.5 Å². The Balaban J connectivity index is 1.46. The number of rotatable bonds is 5. The summed E-state index contributed by atoms with van der Waals surface area (Å²) in [7, 11) is 0. The van der Waals surface area contributed by atoms with Crippen molar-refractivity contribution in [2.24, 2.45) is 0 Å². The molecule has 148 valence electrons. The van der Waals surface area contributed by atoms with Crippen LogP contribution in [-0.4, -0.2) is 5.11 Å². The van der Waals surface area contributed by atoms with Gasteiger partial charge in [-0.1, -0.05) is 48.9 Å². The zero-order valence-electron chi connectivity index (χ0n) is 17.0. The second-order valence-corrected chi connectivity index (χ2v) is 8.63. The molecule has 2 heteroatoms. The number of aryl methyl sites for hydroxylation is 2. The standard InChI is InChI=1S/C27H28O2/c1-18-14-23(28)15-22-10-12-24(27(18)22)21-11-13-26(25(16-21)20-8-5-9-20)29-17-19-6-3-2-4-7-19/h2-4,6-7,11,13-16,20,24,28H,5,8-10,12,17H2,1H3.